The number of benzene rings is 1. The van der Waals surface area contributed by atoms with Crippen LogP contribution < -0.4 is 14.8 Å². The quantitative estimate of drug-likeness (QED) is 0.772. The molecule has 1 aliphatic carbocycles. The molecular formula is C14H21NO3. The van der Waals surface area contributed by atoms with E-state index < -0.39 is 0 Å². The summed E-state index contributed by atoms with van der Waals surface area (Å²) in [5.41, 5.74) is 1.09. The highest BCUT2D eigenvalue weighted by atomic mass is 16.5. The number of hydrogen-bond donors (Lipinski definition) is 2. The van der Waals surface area contributed by atoms with Crippen LogP contribution in [0.2, 0.25) is 0 Å². The molecule has 1 saturated carbocycles. The van der Waals surface area contributed by atoms with Gasteiger partial charge in [-0.15, -0.1) is 0 Å². The number of aliphatic hydroxyl groups is 1. The van der Waals surface area contributed by atoms with Crippen molar-refractivity contribution >= 4 is 0 Å². The molecule has 0 aromatic heterocycles. The molecular weight excluding hydrogens is 230 g/mol. The van der Waals surface area contributed by atoms with Gasteiger partial charge < -0.3 is 19.9 Å². The van der Waals surface area contributed by atoms with Gasteiger partial charge in [0.05, 0.1) is 20.3 Å². The third-order valence-corrected chi connectivity index (χ3v) is 3.26. The minimum absolute atomic E-state index is 0.211. The second kappa shape index (κ2) is 6.07. The second-order valence-electron chi connectivity index (χ2n) is 4.76. The van der Waals surface area contributed by atoms with Gasteiger partial charge in [-0.2, -0.15) is 0 Å². The predicted octanol–water partition coefficient (Wildman–Crippen LogP) is 1.56. The van der Waals surface area contributed by atoms with Crippen molar-refractivity contribution in [2.75, 3.05) is 20.8 Å². The molecule has 1 atom stereocenters. The average Bonchev–Trinajstić information content (AvgIpc) is 3.22. The van der Waals surface area contributed by atoms with E-state index in [1.807, 2.05) is 18.2 Å². The number of aliphatic hydroxyl groups excluding tert-OH is 1. The Morgan fingerprint density at radius 3 is 2.33 bits per heavy atom. The van der Waals surface area contributed by atoms with E-state index in [4.69, 9.17) is 9.47 Å². The number of methoxy groups -OCH3 is 2. The van der Waals surface area contributed by atoms with Gasteiger partial charge in [0.25, 0.3) is 0 Å². The Kier molecular flexibility index (Phi) is 4.44. The smallest absolute Gasteiger partial charge is 0.122 e. The second-order valence-corrected chi connectivity index (χ2v) is 4.76. The lowest BCUT2D eigenvalue weighted by Crippen LogP contribution is -2.27. The van der Waals surface area contributed by atoms with Crippen LogP contribution in [0.25, 0.3) is 0 Å². The highest BCUT2D eigenvalue weighted by Crippen LogP contribution is 2.32. The predicted molar refractivity (Wildman–Crippen MR) is 70.0 cm³/mol. The van der Waals surface area contributed by atoms with Gasteiger partial charge in [0.1, 0.15) is 11.5 Å². The monoisotopic (exact) mass is 251 g/mol. The molecule has 100 valence electrons. The minimum Gasteiger partial charge on any atom is -0.497 e. The van der Waals surface area contributed by atoms with Gasteiger partial charge in [0.15, 0.2) is 0 Å². The van der Waals surface area contributed by atoms with E-state index in [0.717, 1.165) is 29.9 Å². The van der Waals surface area contributed by atoms with Crippen molar-refractivity contribution in [1.82, 2.24) is 5.32 Å². The molecule has 1 fully saturated rings. The van der Waals surface area contributed by atoms with Crippen molar-refractivity contribution < 1.29 is 14.6 Å². The Labute approximate surface area is 108 Å². The molecule has 0 spiro atoms. The maximum Gasteiger partial charge on any atom is 0.122 e. The van der Waals surface area contributed by atoms with Gasteiger partial charge in [-0.05, 0) is 36.5 Å². The molecule has 0 bridgehead atoms. The van der Waals surface area contributed by atoms with Crippen molar-refractivity contribution in [3.8, 4) is 11.5 Å². The van der Waals surface area contributed by atoms with E-state index in [9.17, 15) is 5.11 Å². The molecule has 18 heavy (non-hydrogen) atoms. The van der Waals surface area contributed by atoms with Crippen molar-refractivity contribution in [3.05, 3.63) is 23.8 Å². The molecule has 2 N–H and O–H groups in total. The number of nitrogens with one attached hydrogen (secondary N) is 1. The van der Waals surface area contributed by atoms with E-state index in [1.54, 1.807) is 14.2 Å². The lowest BCUT2D eigenvalue weighted by atomic mass is 10.2. The van der Waals surface area contributed by atoms with E-state index in [0.29, 0.717) is 19.0 Å². The fraction of sp³-hybridized carbons (Fsp3) is 0.571. The van der Waals surface area contributed by atoms with Gasteiger partial charge in [0, 0.05) is 19.2 Å². The van der Waals surface area contributed by atoms with Gasteiger partial charge >= 0.3 is 0 Å². The summed E-state index contributed by atoms with van der Waals surface area (Å²) >= 11 is 0. The van der Waals surface area contributed by atoms with Gasteiger partial charge in [-0.3, -0.25) is 0 Å². The highest BCUT2D eigenvalue weighted by molar-refractivity contribution is 5.38. The van der Waals surface area contributed by atoms with Gasteiger partial charge in [-0.1, -0.05) is 0 Å². The molecule has 0 saturated heterocycles. The zero-order valence-corrected chi connectivity index (χ0v) is 11.0. The van der Waals surface area contributed by atoms with Crippen LogP contribution in [0.4, 0.5) is 0 Å². The maximum atomic E-state index is 9.76. The molecule has 4 nitrogen and oxygen atoms in total. The number of rotatable bonds is 7. The summed E-state index contributed by atoms with van der Waals surface area (Å²) in [6.07, 6.45) is 2.11. The molecule has 1 aromatic rings. The molecule has 1 unspecified atom stereocenters. The Balaban J connectivity index is 1.87. The lowest BCUT2D eigenvalue weighted by Gasteiger charge is -2.12. The summed E-state index contributed by atoms with van der Waals surface area (Å²) in [7, 11) is 3.28. The number of ether oxygens (including phenoxy) is 2. The summed E-state index contributed by atoms with van der Waals surface area (Å²) < 4.78 is 10.4. The van der Waals surface area contributed by atoms with Crippen LogP contribution in [0, 0.1) is 5.92 Å². The van der Waals surface area contributed by atoms with Crippen molar-refractivity contribution in [3.63, 3.8) is 0 Å². The fourth-order valence-electron chi connectivity index (χ4n) is 1.98. The Morgan fingerprint density at radius 2 is 1.83 bits per heavy atom. The van der Waals surface area contributed by atoms with Gasteiger partial charge in [-0.25, -0.2) is 0 Å². The summed E-state index contributed by atoms with van der Waals surface area (Å²) in [6, 6.07) is 5.79. The topological polar surface area (TPSA) is 50.7 Å². The third-order valence-electron chi connectivity index (χ3n) is 3.26. The average molecular weight is 251 g/mol. The molecule has 0 heterocycles. The molecule has 0 radical (unpaired) electrons. The lowest BCUT2D eigenvalue weighted by molar-refractivity contribution is 0.148. The van der Waals surface area contributed by atoms with Crippen LogP contribution in [0.1, 0.15) is 18.4 Å². The van der Waals surface area contributed by atoms with E-state index in [1.165, 1.54) is 0 Å². The van der Waals surface area contributed by atoms with Crippen LogP contribution in [0.15, 0.2) is 18.2 Å². The SMILES string of the molecule is COc1cc(CNCC(O)C2CC2)cc(OC)c1. The Hall–Kier alpha value is -1.26. The van der Waals surface area contributed by atoms with Crippen LogP contribution in [0.3, 0.4) is 0 Å². The fourth-order valence-corrected chi connectivity index (χ4v) is 1.98. The Bertz CT molecular complexity index is 368. The molecule has 0 aliphatic heterocycles. The first-order valence-corrected chi connectivity index (χ1v) is 6.33. The summed E-state index contributed by atoms with van der Waals surface area (Å²) in [6.45, 7) is 1.35. The molecule has 0 amide bonds. The normalized spacial score (nSPS) is 16.4. The summed E-state index contributed by atoms with van der Waals surface area (Å²) in [5, 5.41) is 13.0. The van der Waals surface area contributed by atoms with Crippen LogP contribution in [-0.2, 0) is 6.54 Å². The van der Waals surface area contributed by atoms with Crippen LogP contribution >= 0.6 is 0 Å². The van der Waals surface area contributed by atoms with E-state index >= 15 is 0 Å². The molecule has 2 rings (SSSR count). The van der Waals surface area contributed by atoms with Crippen LogP contribution in [-0.4, -0.2) is 32.0 Å². The maximum absolute atomic E-state index is 9.76. The van der Waals surface area contributed by atoms with E-state index in [2.05, 4.69) is 5.32 Å². The Morgan fingerprint density at radius 1 is 1.22 bits per heavy atom. The standard InChI is InChI=1S/C14H21NO3/c1-17-12-5-10(6-13(7-12)18-2)8-15-9-14(16)11-3-4-11/h5-7,11,14-16H,3-4,8-9H2,1-2H3. The zero-order valence-electron chi connectivity index (χ0n) is 11.0. The first kappa shape index (κ1) is 13.2. The van der Waals surface area contributed by atoms with Crippen molar-refractivity contribution in [2.24, 2.45) is 5.92 Å². The number of hydrogen-bond acceptors (Lipinski definition) is 4. The third kappa shape index (κ3) is 3.62. The molecule has 4 heteroatoms. The van der Waals surface area contributed by atoms with Crippen molar-refractivity contribution in [2.45, 2.75) is 25.5 Å². The highest BCUT2D eigenvalue weighted by Gasteiger charge is 2.29. The molecule has 1 aliphatic rings. The molecule has 1 aromatic carbocycles. The van der Waals surface area contributed by atoms with Gasteiger partial charge in [0.2, 0.25) is 0 Å². The largest absolute Gasteiger partial charge is 0.497 e. The first-order valence-electron chi connectivity index (χ1n) is 6.33. The van der Waals surface area contributed by atoms with E-state index in [-0.39, 0.29) is 6.10 Å². The minimum atomic E-state index is -0.211. The summed E-state index contributed by atoms with van der Waals surface area (Å²) in [5.74, 6) is 2.08. The first-order chi connectivity index (χ1) is 8.72. The van der Waals surface area contributed by atoms with Crippen LogP contribution in [0.5, 0.6) is 11.5 Å². The zero-order chi connectivity index (χ0) is 13.0. The van der Waals surface area contributed by atoms with Crippen molar-refractivity contribution in [1.29, 1.82) is 0 Å². The summed E-state index contributed by atoms with van der Waals surface area (Å²) in [4.78, 5) is 0.